The molecular formula is C11H23O11P. The molecule has 138 valence electrons. The lowest BCUT2D eigenvalue weighted by atomic mass is 10.00. The Morgan fingerprint density at radius 3 is 1.87 bits per heavy atom. The van der Waals surface area contributed by atoms with E-state index in [0.717, 1.165) is 0 Å². The molecule has 2 heterocycles. The van der Waals surface area contributed by atoms with Crippen LogP contribution in [0.5, 0.6) is 0 Å². The third kappa shape index (κ3) is 5.49. The molecule has 0 radical (unpaired) electrons. The molecule has 2 saturated heterocycles. The number of hydrogen-bond donors (Lipinski definition) is 9. The van der Waals surface area contributed by atoms with Gasteiger partial charge >= 0.3 is 0 Å². The lowest BCUT2D eigenvalue weighted by Crippen LogP contribution is -2.58. The zero-order valence-electron chi connectivity index (χ0n) is 12.0. The normalized spacial score (nSPS) is 43.0. The van der Waals surface area contributed by atoms with Gasteiger partial charge in [-0.05, 0) is 0 Å². The van der Waals surface area contributed by atoms with Crippen LogP contribution < -0.4 is 0 Å². The summed E-state index contributed by atoms with van der Waals surface area (Å²) in [5, 5.41) is 78.9. The Labute approximate surface area is 132 Å². The molecule has 0 aromatic rings. The molecule has 0 amide bonds. The van der Waals surface area contributed by atoms with Crippen LogP contribution in [0.3, 0.4) is 0 Å². The Bertz CT molecular complexity index is 344. The van der Waals surface area contributed by atoms with Crippen molar-refractivity contribution in [2.45, 2.75) is 48.5 Å². The predicted octanol–water partition coefficient (Wildman–Crippen LogP) is -4.82. The monoisotopic (exact) mass is 362 g/mol. The van der Waals surface area contributed by atoms with Crippen LogP contribution in [0.1, 0.15) is 0 Å². The maximum atomic E-state index is 9.67. The van der Waals surface area contributed by atoms with E-state index < -0.39 is 64.2 Å². The van der Waals surface area contributed by atoms with Gasteiger partial charge in [-0.25, -0.2) is 0 Å². The maximum absolute atomic E-state index is 9.67. The fourth-order valence-corrected chi connectivity index (χ4v) is 3.44. The molecule has 0 saturated carbocycles. The smallest absolute Gasteiger partial charge is 0.190 e. The van der Waals surface area contributed by atoms with Gasteiger partial charge in [0.25, 0.3) is 0 Å². The maximum Gasteiger partial charge on any atom is 0.190 e. The van der Waals surface area contributed by atoms with Gasteiger partial charge in [-0.1, -0.05) is 0 Å². The van der Waals surface area contributed by atoms with Crippen molar-refractivity contribution in [1.82, 2.24) is 0 Å². The highest BCUT2D eigenvalue weighted by Gasteiger charge is 2.54. The van der Waals surface area contributed by atoms with E-state index in [-0.39, 0.29) is 12.3 Å². The minimum Gasteiger partial charge on any atom is -0.396 e. The molecule has 0 aliphatic carbocycles. The van der Waals surface area contributed by atoms with Crippen molar-refractivity contribution in [2.24, 2.45) is 0 Å². The molecule has 2 rings (SSSR count). The molecule has 0 aromatic carbocycles. The van der Waals surface area contributed by atoms with Crippen LogP contribution in [-0.4, -0.2) is 114 Å². The van der Waals surface area contributed by atoms with Gasteiger partial charge in [0.15, 0.2) is 12.6 Å². The van der Waals surface area contributed by atoms with Crippen molar-refractivity contribution >= 4 is 8.15 Å². The lowest BCUT2D eigenvalue weighted by molar-refractivity contribution is -0.275. The van der Waals surface area contributed by atoms with Crippen LogP contribution >= 0.6 is 8.15 Å². The van der Waals surface area contributed by atoms with E-state index in [1.807, 2.05) is 0 Å². The topological polar surface area (TPSA) is 201 Å². The summed E-state index contributed by atoms with van der Waals surface area (Å²) in [5.41, 5.74) is -0.382. The Morgan fingerprint density at radius 2 is 1.48 bits per heavy atom. The highest BCUT2D eigenvalue weighted by atomic mass is 31.2. The standard InChI is InChI=1S/C9H17O8P.C2H6O3/c10-1-3-5(12)6(13)7(14)9(16-3)17-18-4(2-11)8(18)15;3-1-2(4)5/h3-15H,1-2H2;2-5H,1H2. The first-order valence-corrected chi connectivity index (χ1v) is 8.19. The zero-order chi connectivity index (χ0) is 17.7. The van der Waals surface area contributed by atoms with Gasteiger partial charge < -0.3 is 55.2 Å². The van der Waals surface area contributed by atoms with Gasteiger partial charge in [-0.2, -0.15) is 0 Å². The van der Waals surface area contributed by atoms with Gasteiger partial charge in [0.2, 0.25) is 0 Å². The number of aliphatic hydroxyl groups is 9. The second-order valence-corrected chi connectivity index (χ2v) is 7.11. The molecule has 8 atom stereocenters. The Kier molecular flexibility index (Phi) is 8.66. The van der Waals surface area contributed by atoms with Gasteiger partial charge in [-0.3, -0.25) is 0 Å². The van der Waals surface area contributed by atoms with Gasteiger partial charge in [0.1, 0.15) is 30.3 Å². The van der Waals surface area contributed by atoms with Gasteiger partial charge in [0.05, 0.1) is 33.6 Å². The van der Waals surface area contributed by atoms with Crippen molar-refractivity contribution in [3.05, 3.63) is 0 Å². The van der Waals surface area contributed by atoms with Crippen molar-refractivity contribution in [3.8, 4) is 0 Å². The van der Waals surface area contributed by atoms with Crippen LogP contribution in [0.15, 0.2) is 0 Å². The number of aliphatic hydroxyl groups excluding tert-OH is 8. The van der Waals surface area contributed by atoms with E-state index in [0.29, 0.717) is 0 Å². The summed E-state index contributed by atoms with van der Waals surface area (Å²) in [7, 11) is -1.34. The number of rotatable bonds is 5. The van der Waals surface area contributed by atoms with Crippen molar-refractivity contribution < 1.29 is 55.2 Å². The van der Waals surface area contributed by atoms with Crippen LogP contribution in [0.25, 0.3) is 0 Å². The lowest BCUT2D eigenvalue weighted by Gasteiger charge is -2.39. The Hall–Kier alpha value is -0.0100. The van der Waals surface area contributed by atoms with E-state index in [4.69, 9.17) is 34.8 Å². The summed E-state index contributed by atoms with van der Waals surface area (Å²) in [6.45, 7) is -1.35. The molecule has 0 aromatic heterocycles. The number of ether oxygens (including phenoxy) is 1. The third-order valence-electron chi connectivity index (χ3n) is 3.27. The highest BCUT2D eigenvalue weighted by Crippen LogP contribution is 2.66. The largest absolute Gasteiger partial charge is 0.396 e. The van der Waals surface area contributed by atoms with Gasteiger partial charge in [0, 0.05) is 0 Å². The molecule has 0 bridgehead atoms. The fraction of sp³-hybridized carbons (Fsp3) is 1.00. The van der Waals surface area contributed by atoms with Crippen molar-refractivity contribution in [2.75, 3.05) is 19.8 Å². The average Bonchev–Trinajstić information content (AvgIpc) is 3.16. The molecule has 23 heavy (non-hydrogen) atoms. The molecular weight excluding hydrogens is 339 g/mol. The van der Waals surface area contributed by atoms with Crippen LogP contribution in [0.4, 0.5) is 0 Å². The summed E-state index contributed by atoms with van der Waals surface area (Å²) in [5.74, 6) is -0.780. The Morgan fingerprint density at radius 1 is 0.913 bits per heavy atom. The number of hydrogen-bond acceptors (Lipinski definition) is 11. The minimum absolute atomic E-state index is 0.232. The first-order chi connectivity index (χ1) is 10.8. The van der Waals surface area contributed by atoms with Crippen LogP contribution in [-0.2, 0) is 9.26 Å². The van der Waals surface area contributed by atoms with E-state index in [9.17, 15) is 20.4 Å². The second-order valence-electron chi connectivity index (χ2n) is 4.99. The average molecular weight is 362 g/mol. The van der Waals surface area contributed by atoms with Crippen LogP contribution in [0, 0.1) is 0 Å². The van der Waals surface area contributed by atoms with Crippen LogP contribution in [0.2, 0.25) is 0 Å². The van der Waals surface area contributed by atoms with E-state index in [1.165, 1.54) is 0 Å². The summed E-state index contributed by atoms with van der Waals surface area (Å²) >= 11 is 0. The zero-order valence-corrected chi connectivity index (χ0v) is 12.9. The molecule has 12 heteroatoms. The summed E-state index contributed by atoms with van der Waals surface area (Å²) in [4.78, 5) is 0. The fourth-order valence-electron chi connectivity index (χ4n) is 1.83. The molecule has 9 N–H and O–H groups in total. The quantitative estimate of drug-likeness (QED) is 0.168. The molecule has 2 fully saturated rings. The van der Waals surface area contributed by atoms with Gasteiger partial charge in [-0.15, -0.1) is 0 Å². The van der Waals surface area contributed by atoms with Crippen molar-refractivity contribution in [1.29, 1.82) is 0 Å². The minimum atomic E-state index is -1.56. The first-order valence-electron chi connectivity index (χ1n) is 6.80. The van der Waals surface area contributed by atoms with E-state index in [2.05, 4.69) is 0 Å². The first kappa shape index (κ1) is 21.0. The third-order valence-corrected chi connectivity index (χ3v) is 5.35. The summed E-state index contributed by atoms with van der Waals surface area (Å²) in [6, 6.07) is 0. The predicted molar refractivity (Wildman–Crippen MR) is 74.0 cm³/mol. The molecule has 8 unspecified atom stereocenters. The van der Waals surface area contributed by atoms with Crippen molar-refractivity contribution in [3.63, 3.8) is 0 Å². The molecule has 2 aliphatic rings. The Balaban J connectivity index is 0.000000463. The van der Waals surface area contributed by atoms with E-state index >= 15 is 0 Å². The summed E-state index contributed by atoms with van der Waals surface area (Å²) < 4.78 is 10.4. The van der Waals surface area contributed by atoms with E-state index in [1.54, 1.807) is 0 Å². The highest BCUT2D eigenvalue weighted by molar-refractivity contribution is 7.62. The summed E-state index contributed by atoms with van der Waals surface area (Å²) in [6.07, 6.45) is -8.24. The second kappa shape index (κ2) is 9.47. The molecule has 0 spiro atoms. The molecule has 2 aliphatic heterocycles. The SMILES string of the molecule is OCC(O)O.OCC1OC(OP2C(O)C2CO)C(O)C(O)C1O. The molecule has 11 nitrogen and oxygen atoms in total.